The second-order valence-corrected chi connectivity index (χ2v) is 30.0. The molecule has 8 aromatic heterocycles. The summed E-state index contributed by atoms with van der Waals surface area (Å²) in [6, 6.07) is 138. The van der Waals surface area contributed by atoms with Crippen LogP contribution in [0.1, 0.15) is 0 Å². The van der Waals surface area contributed by atoms with Crippen LogP contribution >= 0.6 is 0 Å². The maximum Gasteiger partial charge on any atom is 0.213 e. The molecule has 560 valence electrons. The normalized spacial score (nSPS) is 11.7. The molecule has 12 heteroatoms. The Labute approximate surface area is 687 Å². The number of hydrogen-bond donors (Lipinski definition) is 0. The fourth-order valence-corrected chi connectivity index (χ4v) is 17.3. The van der Waals surface area contributed by atoms with Crippen LogP contribution in [0.4, 0.5) is 0 Å². The van der Waals surface area contributed by atoms with Crippen molar-refractivity contribution in [2.45, 2.75) is 0 Å². The molecule has 0 spiro atoms. The van der Waals surface area contributed by atoms with Crippen molar-refractivity contribution in [3.05, 3.63) is 400 Å². The zero-order chi connectivity index (χ0) is 79.1. The summed E-state index contributed by atoms with van der Waals surface area (Å²) in [6.07, 6.45) is 0. The summed E-state index contributed by atoms with van der Waals surface area (Å²) in [4.78, 5) is 40.4. The summed E-state index contributed by atoms with van der Waals surface area (Å²) >= 11 is 0. The lowest BCUT2D eigenvalue weighted by atomic mass is 9.98. The van der Waals surface area contributed by atoms with E-state index in [4.69, 9.17) is 48.7 Å². The molecule has 12 nitrogen and oxygen atoms in total. The van der Waals surface area contributed by atoms with Crippen LogP contribution in [0.2, 0.25) is 0 Å². The van der Waals surface area contributed by atoms with Gasteiger partial charge in [0.25, 0.3) is 0 Å². The first-order valence-corrected chi connectivity index (χ1v) is 40.1. The van der Waals surface area contributed by atoms with Crippen LogP contribution in [-0.2, 0) is 0 Å². The number of rotatable bonds is 12. The van der Waals surface area contributed by atoms with Gasteiger partial charge in [0, 0.05) is 88.2 Å². The minimum atomic E-state index is 0.596. The number of pyridine rings is 2. The summed E-state index contributed by atoms with van der Waals surface area (Å²) < 4.78 is 18.7. The minimum absolute atomic E-state index is 0.596. The van der Waals surface area contributed by atoms with E-state index in [0.29, 0.717) is 34.9 Å². The van der Waals surface area contributed by atoms with Gasteiger partial charge in [-0.05, 0) is 111 Å². The molecule has 120 heavy (non-hydrogen) atoms. The highest BCUT2D eigenvalue weighted by molar-refractivity contribution is 6.30. The standard InChI is InChI=1S/2C54H33N5O/c1-3-15-34(16-4-1)38-21-13-22-39(33-38)53-57-51(36-18-5-2-6-19-36)56-52(58-53)37-29-31-40(32-30-37)59-46-28-12-10-25-44(46)48-47-43-24-9-11-27-45(43)55-49(50(47)60-54(48)59)42-26-14-20-35-17-7-8-23-41(35)42;1-3-15-37(16-4-1)51-56-52(38-17-5-2-6-18-38)58-53(57-51)39-28-26-34(27-29-39)35-30-32-40(33-31-35)59-46-25-12-10-22-44(46)48-47-43-21-9-11-24-45(43)55-49(50(47)60-54(48)59)42-23-13-19-36-14-7-8-20-41(36)42/h2*1-33H. The lowest BCUT2D eigenvalue weighted by Crippen LogP contribution is -2.00. The molecule has 0 radical (unpaired) electrons. The van der Waals surface area contributed by atoms with E-state index in [-0.39, 0.29) is 0 Å². The molecular weight excluding hydrogens is 1470 g/mol. The Morgan fingerprint density at radius 2 is 0.475 bits per heavy atom. The van der Waals surface area contributed by atoms with Crippen molar-refractivity contribution in [1.82, 2.24) is 49.0 Å². The van der Waals surface area contributed by atoms with Crippen molar-refractivity contribution in [3.63, 3.8) is 0 Å². The van der Waals surface area contributed by atoms with Gasteiger partial charge in [-0.15, -0.1) is 0 Å². The van der Waals surface area contributed by atoms with E-state index in [2.05, 4.69) is 312 Å². The Balaban J connectivity index is 0.000000140. The molecule has 0 bridgehead atoms. The van der Waals surface area contributed by atoms with Crippen molar-refractivity contribution < 1.29 is 8.83 Å². The van der Waals surface area contributed by atoms with Gasteiger partial charge in [-0.25, -0.2) is 39.9 Å². The van der Waals surface area contributed by atoms with Crippen LogP contribution in [0, 0.1) is 0 Å². The third-order valence-electron chi connectivity index (χ3n) is 22.9. The molecule has 0 saturated carbocycles. The average molecular weight is 1540 g/mol. The second-order valence-electron chi connectivity index (χ2n) is 30.0. The molecular formula is C108H66N10O2. The molecule has 0 atom stereocenters. The first-order chi connectivity index (χ1) is 59.5. The third-order valence-corrected chi connectivity index (χ3v) is 22.9. The molecule has 0 aliphatic heterocycles. The van der Waals surface area contributed by atoms with Gasteiger partial charge < -0.3 is 8.83 Å². The average Bonchev–Trinajstić information content (AvgIpc) is 1.55. The minimum Gasteiger partial charge on any atom is -0.437 e. The van der Waals surface area contributed by atoms with Gasteiger partial charge in [0.1, 0.15) is 11.4 Å². The maximum absolute atomic E-state index is 7.12. The van der Waals surface area contributed by atoms with E-state index in [0.717, 1.165) is 193 Å². The molecule has 24 rings (SSSR count). The summed E-state index contributed by atoms with van der Waals surface area (Å²) in [5, 5.41) is 13.3. The van der Waals surface area contributed by atoms with Gasteiger partial charge in [-0.2, -0.15) is 0 Å². The lowest BCUT2D eigenvalue weighted by Gasteiger charge is -2.11. The monoisotopic (exact) mass is 1530 g/mol. The SMILES string of the molecule is c1ccc(-c2cccc(-c3nc(-c4ccccc4)nc(-c4ccc(-n5c6ccccc6c6c7c(oc65)c(-c5cccc6ccccc56)nc5ccccc57)cc4)n3)c2)cc1.c1ccc(-c2nc(-c3ccccc3)nc(-c3ccc(-c4ccc(-n5c6ccccc6c6c7c(oc65)c(-c5cccc6ccccc56)nc5ccccc57)cc4)cc3)n2)cc1. The summed E-state index contributed by atoms with van der Waals surface area (Å²) in [5.74, 6) is 3.75. The molecule has 0 N–H and O–H groups in total. The van der Waals surface area contributed by atoms with Gasteiger partial charge in [-0.1, -0.05) is 334 Å². The quantitative estimate of drug-likeness (QED) is 0.116. The number of nitrogens with zero attached hydrogens (tertiary/aromatic N) is 10. The van der Waals surface area contributed by atoms with Crippen LogP contribution in [0.15, 0.2) is 409 Å². The summed E-state index contributed by atoms with van der Waals surface area (Å²) in [6.45, 7) is 0. The molecule has 0 amide bonds. The van der Waals surface area contributed by atoms with Crippen molar-refractivity contribution in [2.24, 2.45) is 0 Å². The van der Waals surface area contributed by atoms with Crippen LogP contribution in [-0.4, -0.2) is 49.0 Å². The zero-order valence-electron chi connectivity index (χ0n) is 64.4. The maximum atomic E-state index is 7.12. The van der Waals surface area contributed by atoms with Crippen LogP contribution in [0.3, 0.4) is 0 Å². The van der Waals surface area contributed by atoms with Gasteiger partial charge in [0.2, 0.25) is 11.4 Å². The largest absolute Gasteiger partial charge is 0.437 e. The third kappa shape index (κ3) is 11.9. The molecule has 8 heterocycles. The molecule has 0 saturated heterocycles. The number of hydrogen-bond acceptors (Lipinski definition) is 10. The van der Waals surface area contributed by atoms with Crippen molar-refractivity contribution in [1.29, 1.82) is 0 Å². The van der Waals surface area contributed by atoms with E-state index in [9.17, 15) is 0 Å². The van der Waals surface area contributed by atoms with E-state index < -0.39 is 0 Å². The first-order valence-electron chi connectivity index (χ1n) is 40.1. The Morgan fingerprint density at radius 3 is 0.900 bits per heavy atom. The number of furan rings is 2. The van der Waals surface area contributed by atoms with Crippen LogP contribution < -0.4 is 0 Å². The number of para-hydroxylation sites is 4. The molecule has 0 unspecified atom stereocenters. The fraction of sp³-hybridized carbons (Fsp3) is 0. The summed E-state index contributed by atoms with van der Waals surface area (Å²) in [5.41, 5.74) is 22.8. The van der Waals surface area contributed by atoms with Crippen molar-refractivity contribution in [3.8, 4) is 124 Å². The molecule has 16 aromatic carbocycles. The predicted molar refractivity (Wildman–Crippen MR) is 488 cm³/mol. The fourth-order valence-electron chi connectivity index (χ4n) is 17.3. The highest BCUT2D eigenvalue weighted by Crippen LogP contribution is 2.49. The van der Waals surface area contributed by atoms with Gasteiger partial charge in [0.15, 0.2) is 46.1 Å². The van der Waals surface area contributed by atoms with Crippen molar-refractivity contribution in [2.75, 3.05) is 0 Å². The van der Waals surface area contributed by atoms with Gasteiger partial charge >= 0.3 is 0 Å². The smallest absolute Gasteiger partial charge is 0.213 e. The van der Waals surface area contributed by atoms with Crippen LogP contribution in [0.25, 0.3) is 234 Å². The van der Waals surface area contributed by atoms with Crippen molar-refractivity contribution >= 4 is 109 Å². The van der Waals surface area contributed by atoms with E-state index >= 15 is 0 Å². The van der Waals surface area contributed by atoms with Gasteiger partial charge in [-0.3, -0.25) is 9.13 Å². The van der Waals surface area contributed by atoms with E-state index in [1.165, 1.54) is 5.39 Å². The molecule has 24 aromatic rings. The number of fused-ring (bicyclic) bond motifs is 16. The molecule has 0 aliphatic rings. The predicted octanol–water partition coefficient (Wildman–Crippen LogP) is 27.5. The Morgan fingerprint density at radius 1 is 0.192 bits per heavy atom. The highest BCUT2D eigenvalue weighted by Gasteiger charge is 2.28. The van der Waals surface area contributed by atoms with Gasteiger partial charge in [0.05, 0.1) is 32.8 Å². The number of benzene rings is 16. The molecule has 0 fully saturated rings. The number of aromatic nitrogens is 10. The lowest BCUT2D eigenvalue weighted by molar-refractivity contribution is 0.645. The first kappa shape index (κ1) is 69.1. The zero-order valence-corrected chi connectivity index (χ0v) is 64.4. The Hall–Kier alpha value is -16.4. The summed E-state index contributed by atoms with van der Waals surface area (Å²) in [7, 11) is 0. The molecule has 0 aliphatic carbocycles. The Kier molecular flexibility index (Phi) is 16.6. The highest BCUT2D eigenvalue weighted by atomic mass is 16.3. The second kappa shape index (κ2) is 28.8. The topological polar surface area (TPSA) is 139 Å². The van der Waals surface area contributed by atoms with Crippen LogP contribution in [0.5, 0.6) is 0 Å². The Bertz CT molecular complexity index is 8060. The van der Waals surface area contributed by atoms with E-state index in [1.807, 2.05) is 97.1 Å². The van der Waals surface area contributed by atoms with E-state index in [1.54, 1.807) is 0 Å².